The fourth-order valence-electron chi connectivity index (χ4n) is 3.91. The van der Waals surface area contributed by atoms with E-state index in [2.05, 4.69) is 22.1 Å². The van der Waals surface area contributed by atoms with E-state index >= 15 is 0 Å². The van der Waals surface area contributed by atoms with Crippen LogP contribution >= 0.6 is 0 Å². The topological polar surface area (TPSA) is 73.1 Å². The lowest BCUT2D eigenvalue weighted by Gasteiger charge is -1.99. The van der Waals surface area contributed by atoms with Gasteiger partial charge in [0.05, 0.1) is 45.8 Å². The smallest absolute Gasteiger partial charge is 0.0885 e. The third-order valence-electron chi connectivity index (χ3n) is 5.29. The Labute approximate surface area is 172 Å². The number of hydrogen-bond acceptors (Lipinski definition) is 4. The maximum Gasteiger partial charge on any atom is 0.0885 e. The summed E-state index contributed by atoms with van der Waals surface area (Å²) in [5, 5.41) is 11.2. The van der Waals surface area contributed by atoms with Crippen LogP contribution in [0.15, 0.2) is 93.2 Å². The molecular formula is C25H16N4O. The van der Waals surface area contributed by atoms with Crippen LogP contribution < -0.4 is 10.6 Å². The Bertz CT molecular complexity index is 1480. The minimum atomic E-state index is 0.698. The van der Waals surface area contributed by atoms with Gasteiger partial charge >= 0.3 is 0 Å². The summed E-state index contributed by atoms with van der Waals surface area (Å²) in [6.07, 6.45) is 16.9. The van der Waals surface area contributed by atoms with Gasteiger partial charge in [-0.3, -0.25) is 0 Å². The molecule has 8 bridgehead atoms. The molecule has 0 saturated heterocycles. The molecule has 1 aromatic carbocycles. The number of hydrogen-bond donors (Lipinski definition) is 2. The number of benzene rings is 1. The normalized spacial score (nSPS) is 18.9. The van der Waals surface area contributed by atoms with E-state index in [4.69, 9.17) is 9.98 Å². The number of fused-ring (bicyclic) bond motifs is 8. The van der Waals surface area contributed by atoms with Gasteiger partial charge in [-0.2, -0.15) is 0 Å². The SMILES string of the molecule is OC=c1cc2[nH]c1=CC1=NC(=CC3=NC(=CC4=NC(=C2)C=C4)C=C3)c2ccccc21. The Balaban J connectivity index is 1.64. The summed E-state index contributed by atoms with van der Waals surface area (Å²) < 4.78 is 0. The van der Waals surface area contributed by atoms with E-state index in [-0.39, 0.29) is 0 Å². The Morgan fingerprint density at radius 2 is 1.50 bits per heavy atom. The third-order valence-corrected chi connectivity index (χ3v) is 5.29. The molecular weight excluding hydrogens is 372 g/mol. The van der Waals surface area contributed by atoms with Crippen LogP contribution in [0.1, 0.15) is 16.8 Å². The van der Waals surface area contributed by atoms with Gasteiger partial charge in [0.1, 0.15) is 0 Å². The molecule has 5 nitrogen and oxygen atoms in total. The predicted octanol–water partition coefficient (Wildman–Crippen LogP) is 3.20. The van der Waals surface area contributed by atoms with Gasteiger partial charge in [0.25, 0.3) is 0 Å². The summed E-state index contributed by atoms with van der Waals surface area (Å²) in [5.74, 6) is 0. The lowest BCUT2D eigenvalue weighted by Crippen LogP contribution is -2.23. The standard InChI is InChI=1S/C25H16N4O/c30-14-15-9-20-11-18-6-5-16(26-18)10-17-7-8-19(27-17)12-24-21-3-1-2-4-22(21)25(29-24)13-23(15)28-20/h1-14,28,30H. The number of aliphatic hydroxyl groups excluding tert-OH is 1. The second-order valence-corrected chi connectivity index (χ2v) is 7.32. The molecule has 0 spiro atoms. The second-order valence-electron chi connectivity index (χ2n) is 7.32. The van der Waals surface area contributed by atoms with E-state index in [1.165, 1.54) is 0 Å². The van der Waals surface area contributed by atoms with E-state index in [1.807, 2.05) is 66.8 Å². The molecule has 0 saturated carbocycles. The molecule has 4 aliphatic heterocycles. The number of nitrogens with zero attached hydrogens (tertiary/aromatic N) is 3. The van der Waals surface area contributed by atoms with E-state index in [1.54, 1.807) is 0 Å². The average molecular weight is 388 g/mol. The van der Waals surface area contributed by atoms with Crippen molar-refractivity contribution in [1.29, 1.82) is 0 Å². The molecule has 2 aromatic rings. The largest absolute Gasteiger partial charge is 0.515 e. The predicted molar refractivity (Wildman–Crippen MR) is 122 cm³/mol. The number of aromatic amines is 1. The van der Waals surface area contributed by atoms with Gasteiger partial charge in [0.15, 0.2) is 0 Å². The van der Waals surface area contributed by atoms with Gasteiger partial charge in [-0.25, -0.2) is 15.0 Å². The van der Waals surface area contributed by atoms with Crippen LogP contribution in [0.5, 0.6) is 0 Å². The molecule has 0 aliphatic carbocycles. The maximum atomic E-state index is 9.75. The highest BCUT2D eigenvalue weighted by molar-refractivity contribution is 6.28. The van der Waals surface area contributed by atoms with Gasteiger partial charge in [-0.15, -0.1) is 0 Å². The number of rotatable bonds is 0. The zero-order valence-corrected chi connectivity index (χ0v) is 15.9. The molecule has 2 N–H and O–H groups in total. The number of nitrogens with one attached hydrogen (secondary N) is 1. The highest BCUT2D eigenvalue weighted by Crippen LogP contribution is 2.30. The van der Waals surface area contributed by atoms with Crippen molar-refractivity contribution >= 4 is 41.2 Å². The first-order valence-corrected chi connectivity index (χ1v) is 9.67. The molecule has 0 amide bonds. The first-order valence-electron chi connectivity index (χ1n) is 9.67. The van der Waals surface area contributed by atoms with Crippen molar-refractivity contribution < 1.29 is 5.11 Å². The minimum absolute atomic E-state index is 0.698. The molecule has 0 unspecified atom stereocenters. The van der Waals surface area contributed by atoms with Crippen molar-refractivity contribution in [3.05, 3.63) is 106 Å². The van der Waals surface area contributed by atoms with Crippen molar-refractivity contribution in [2.45, 2.75) is 0 Å². The number of aliphatic imine (C=N–C) groups is 3. The van der Waals surface area contributed by atoms with Crippen molar-refractivity contribution in [2.24, 2.45) is 15.0 Å². The number of allylic oxidation sites excluding steroid dienone is 6. The molecule has 30 heavy (non-hydrogen) atoms. The van der Waals surface area contributed by atoms with E-state index < -0.39 is 0 Å². The zero-order valence-electron chi connectivity index (χ0n) is 15.9. The fourth-order valence-corrected chi connectivity index (χ4v) is 3.91. The monoisotopic (exact) mass is 388 g/mol. The van der Waals surface area contributed by atoms with Crippen LogP contribution in [-0.2, 0) is 0 Å². The summed E-state index contributed by atoms with van der Waals surface area (Å²) >= 11 is 0. The van der Waals surface area contributed by atoms with Gasteiger partial charge in [0, 0.05) is 22.0 Å². The first kappa shape index (κ1) is 16.7. The van der Waals surface area contributed by atoms with Crippen LogP contribution in [-0.4, -0.2) is 27.2 Å². The zero-order chi connectivity index (χ0) is 20.1. The number of aliphatic hydroxyl groups is 1. The van der Waals surface area contributed by atoms with Crippen molar-refractivity contribution in [3.8, 4) is 0 Å². The molecule has 0 radical (unpaired) electrons. The average Bonchev–Trinajstić information content (AvgIpc) is 3.52. The molecule has 142 valence electrons. The molecule has 0 atom stereocenters. The molecule has 4 aliphatic rings. The van der Waals surface area contributed by atoms with E-state index in [0.29, 0.717) is 5.22 Å². The summed E-state index contributed by atoms with van der Waals surface area (Å²) in [5.41, 5.74) is 8.09. The van der Waals surface area contributed by atoms with Crippen molar-refractivity contribution in [3.63, 3.8) is 0 Å². The lowest BCUT2D eigenvalue weighted by molar-refractivity contribution is 0.540. The number of H-pyrrole nitrogens is 1. The third kappa shape index (κ3) is 2.76. The van der Waals surface area contributed by atoms with Crippen LogP contribution in [0, 0.1) is 0 Å². The minimum Gasteiger partial charge on any atom is -0.515 e. The Hall–Kier alpha value is -4.25. The van der Waals surface area contributed by atoms with Crippen LogP contribution in [0.4, 0.5) is 0 Å². The Morgan fingerprint density at radius 3 is 2.30 bits per heavy atom. The fraction of sp³-hybridized carbons (Fsp3) is 0. The molecule has 5 heteroatoms. The van der Waals surface area contributed by atoms with Gasteiger partial charge in [-0.1, -0.05) is 24.3 Å². The molecule has 5 heterocycles. The second kappa shape index (κ2) is 6.39. The van der Waals surface area contributed by atoms with Crippen LogP contribution in [0.25, 0.3) is 24.1 Å². The van der Waals surface area contributed by atoms with E-state index in [0.717, 1.165) is 62.7 Å². The first-order chi connectivity index (χ1) is 14.7. The summed E-state index contributed by atoms with van der Waals surface area (Å²) in [4.78, 5) is 17.6. The van der Waals surface area contributed by atoms with Crippen LogP contribution in [0.2, 0.25) is 0 Å². The lowest BCUT2D eigenvalue weighted by atomic mass is 10.0. The number of aromatic nitrogens is 1. The highest BCUT2D eigenvalue weighted by atomic mass is 16.2. The molecule has 1 aromatic heterocycles. The van der Waals surface area contributed by atoms with Crippen LogP contribution in [0.3, 0.4) is 0 Å². The Morgan fingerprint density at radius 1 is 0.767 bits per heavy atom. The summed E-state index contributed by atoms with van der Waals surface area (Å²) in [7, 11) is 0. The summed E-state index contributed by atoms with van der Waals surface area (Å²) in [6.45, 7) is 0. The quantitative estimate of drug-likeness (QED) is 0.715. The molecule has 6 rings (SSSR count). The Kier molecular flexibility index (Phi) is 3.55. The highest BCUT2D eigenvalue weighted by Gasteiger charge is 2.19. The van der Waals surface area contributed by atoms with Gasteiger partial charge in [-0.05, 0) is 54.7 Å². The maximum absolute atomic E-state index is 9.75. The van der Waals surface area contributed by atoms with Gasteiger partial charge in [0.2, 0.25) is 0 Å². The summed E-state index contributed by atoms with van der Waals surface area (Å²) in [6, 6.07) is 10.0. The van der Waals surface area contributed by atoms with Crippen molar-refractivity contribution in [1.82, 2.24) is 4.98 Å². The molecule has 0 fully saturated rings. The van der Waals surface area contributed by atoms with E-state index in [9.17, 15) is 5.11 Å². The van der Waals surface area contributed by atoms with Crippen molar-refractivity contribution in [2.75, 3.05) is 0 Å². The van der Waals surface area contributed by atoms with Gasteiger partial charge < -0.3 is 10.1 Å².